The van der Waals surface area contributed by atoms with E-state index in [0.717, 1.165) is 10.9 Å². The van der Waals surface area contributed by atoms with E-state index in [0.29, 0.717) is 16.9 Å². The number of hydrogen-bond donors (Lipinski definition) is 1. The van der Waals surface area contributed by atoms with Gasteiger partial charge in [0.25, 0.3) is 0 Å². The summed E-state index contributed by atoms with van der Waals surface area (Å²) in [5.74, 6) is -0.978. The second-order valence-corrected chi connectivity index (χ2v) is 4.80. The van der Waals surface area contributed by atoms with E-state index >= 15 is 0 Å². The summed E-state index contributed by atoms with van der Waals surface area (Å²) < 4.78 is 5.70. The summed E-state index contributed by atoms with van der Waals surface area (Å²) in [5, 5.41) is 9.92. The highest BCUT2D eigenvalue weighted by molar-refractivity contribution is 5.85. The average Bonchev–Trinajstić information content (AvgIpc) is 2.43. The van der Waals surface area contributed by atoms with E-state index in [1.165, 1.54) is 12.1 Å². The minimum atomic E-state index is -0.882. The summed E-state index contributed by atoms with van der Waals surface area (Å²) in [7, 11) is 0. The van der Waals surface area contributed by atoms with Crippen LogP contribution in [0.25, 0.3) is 22.3 Å². The molecule has 20 heavy (non-hydrogen) atoms. The van der Waals surface area contributed by atoms with Gasteiger partial charge in [-0.1, -0.05) is 12.1 Å². The number of fused-ring (bicyclic) bond motifs is 2. The number of carbonyl (C=O) groups is 1. The molecule has 3 rings (SSSR count). The molecule has 4 heteroatoms. The molecular weight excluding hydrogens is 256 g/mol. The Morgan fingerprint density at radius 2 is 1.95 bits per heavy atom. The fourth-order valence-corrected chi connectivity index (χ4v) is 2.18. The van der Waals surface area contributed by atoms with Crippen molar-refractivity contribution in [3.8, 4) is 11.3 Å². The lowest BCUT2D eigenvalue weighted by atomic mass is 9.99. The largest absolute Gasteiger partial charge is 0.481 e. The fourth-order valence-electron chi connectivity index (χ4n) is 2.18. The number of carboxylic acid groups (broad SMARTS) is 1. The van der Waals surface area contributed by atoms with Crippen molar-refractivity contribution in [1.82, 2.24) is 0 Å². The molecule has 1 aromatic carbocycles. The standard InChI is InChI=1S/C16H12O4/c1-9(16(18)19)10-2-3-11-6-12-4-5-13(17)8-15(12)20-14(11)7-10/h2-9H,1H3,(H,18,19). The van der Waals surface area contributed by atoms with Gasteiger partial charge in [-0.25, -0.2) is 0 Å². The van der Waals surface area contributed by atoms with Crippen LogP contribution in [0, 0.1) is 0 Å². The third-order valence-corrected chi connectivity index (χ3v) is 3.42. The smallest absolute Gasteiger partial charge is 0.310 e. The van der Waals surface area contributed by atoms with Crippen LogP contribution >= 0.6 is 0 Å². The SMILES string of the molecule is CC(C(=O)O)c1ccc2cc3ccc(=O)cc-3oc2c1. The summed E-state index contributed by atoms with van der Waals surface area (Å²) in [6.45, 7) is 1.63. The highest BCUT2D eigenvalue weighted by Crippen LogP contribution is 2.29. The highest BCUT2D eigenvalue weighted by atomic mass is 16.4. The van der Waals surface area contributed by atoms with Gasteiger partial charge in [-0.3, -0.25) is 9.59 Å². The maximum atomic E-state index is 11.3. The predicted octanol–water partition coefficient (Wildman–Crippen LogP) is 3.09. The lowest BCUT2D eigenvalue weighted by Gasteiger charge is -2.10. The molecule has 1 aromatic rings. The summed E-state index contributed by atoms with van der Waals surface area (Å²) >= 11 is 0. The minimum Gasteiger partial charge on any atom is -0.481 e. The van der Waals surface area contributed by atoms with Gasteiger partial charge in [-0.15, -0.1) is 0 Å². The Hall–Kier alpha value is -2.62. The summed E-state index contributed by atoms with van der Waals surface area (Å²) in [6.07, 6.45) is 0. The van der Waals surface area contributed by atoms with Crippen LogP contribution in [0.5, 0.6) is 0 Å². The van der Waals surface area contributed by atoms with Gasteiger partial charge >= 0.3 is 5.97 Å². The molecule has 1 unspecified atom stereocenters. The summed E-state index contributed by atoms with van der Waals surface area (Å²) in [4.78, 5) is 22.4. The Balaban J connectivity index is 2.24. The van der Waals surface area contributed by atoms with E-state index in [2.05, 4.69) is 0 Å². The molecule has 0 spiro atoms. The Morgan fingerprint density at radius 3 is 2.70 bits per heavy atom. The first kappa shape index (κ1) is 12.4. The maximum Gasteiger partial charge on any atom is 0.310 e. The lowest BCUT2D eigenvalue weighted by molar-refractivity contribution is -0.138. The van der Waals surface area contributed by atoms with Crippen molar-refractivity contribution in [3.63, 3.8) is 0 Å². The molecule has 2 aliphatic rings. The topological polar surface area (TPSA) is 67.5 Å². The molecular formula is C16H12O4. The second kappa shape index (κ2) is 4.49. The van der Waals surface area contributed by atoms with Crippen LogP contribution in [-0.4, -0.2) is 11.1 Å². The molecule has 1 aliphatic carbocycles. The first-order chi connectivity index (χ1) is 9.54. The first-order valence-electron chi connectivity index (χ1n) is 6.25. The lowest BCUT2D eigenvalue weighted by Crippen LogP contribution is -2.07. The van der Waals surface area contributed by atoms with Gasteiger partial charge in [0, 0.05) is 17.0 Å². The molecule has 4 nitrogen and oxygen atoms in total. The summed E-state index contributed by atoms with van der Waals surface area (Å²) in [5.41, 5.74) is 1.98. The van der Waals surface area contributed by atoms with Gasteiger partial charge in [0.2, 0.25) is 0 Å². The third kappa shape index (κ3) is 2.05. The zero-order valence-electron chi connectivity index (χ0n) is 10.8. The second-order valence-electron chi connectivity index (χ2n) is 4.80. The van der Waals surface area contributed by atoms with Crippen molar-refractivity contribution >= 4 is 16.9 Å². The van der Waals surface area contributed by atoms with Crippen molar-refractivity contribution in [2.24, 2.45) is 0 Å². The van der Waals surface area contributed by atoms with E-state index in [1.807, 2.05) is 12.1 Å². The molecule has 0 aromatic heterocycles. The first-order valence-corrected chi connectivity index (χ1v) is 6.25. The van der Waals surface area contributed by atoms with Crippen molar-refractivity contribution < 1.29 is 14.3 Å². The van der Waals surface area contributed by atoms with E-state index in [1.54, 1.807) is 25.1 Å². The fraction of sp³-hybridized carbons (Fsp3) is 0.125. The van der Waals surface area contributed by atoms with Crippen LogP contribution in [0.2, 0.25) is 0 Å². The van der Waals surface area contributed by atoms with Crippen molar-refractivity contribution in [1.29, 1.82) is 0 Å². The average molecular weight is 268 g/mol. The Kier molecular flexibility index (Phi) is 2.79. The van der Waals surface area contributed by atoms with Crippen LogP contribution in [0.4, 0.5) is 0 Å². The molecule has 1 aliphatic heterocycles. The molecule has 0 amide bonds. The van der Waals surface area contributed by atoms with Crippen LogP contribution in [0.15, 0.2) is 51.7 Å². The van der Waals surface area contributed by atoms with E-state index in [-0.39, 0.29) is 5.43 Å². The number of rotatable bonds is 2. The Labute approximate surface area is 114 Å². The summed E-state index contributed by atoms with van der Waals surface area (Å²) in [6, 6.07) is 11.9. The molecule has 1 atom stereocenters. The van der Waals surface area contributed by atoms with Crippen molar-refractivity contribution in [3.05, 3.63) is 58.3 Å². The molecule has 0 bridgehead atoms. The highest BCUT2D eigenvalue weighted by Gasteiger charge is 2.15. The van der Waals surface area contributed by atoms with Crippen LogP contribution in [-0.2, 0) is 4.79 Å². The van der Waals surface area contributed by atoms with Gasteiger partial charge in [0.05, 0.1) is 5.92 Å². The maximum absolute atomic E-state index is 11.3. The van der Waals surface area contributed by atoms with Gasteiger partial charge in [0.1, 0.15) is 11.3 Å². The van der Waals surface area contributed by atoms with Gasteiger partial charge in [0.15, 0.2) is 5.43 Å². The molecule has 100 valence electrons. The van der Waals surface area contributed by atoms with Crippen LogP contribution in [0.1, 0.15) is 18.4 Å². The van der Waals surface area contributed by atoms with Gasteiger partial charge in [-0.05, 0) is 36.8 Å². The molecule has 1 N–H and O–H groups in total. The normalized spacial score (nSPS) is 12.7. The molecule has 0 saturated carbocycles. The van der Waals surface area contributed by atoms with Gasteiger partial charge < -0.3 is 9.52 Å². The number of hydrogen-bond acceptors (Lipinski definition) is 3. The Bertz CT molecular complexity index is 831. The molecule has 1 heterocycles. The quantitative estimate of drug-likeness (QED) is 0.725. The van der Waals surface area contributed by atoms with E-state index in [4.69, 9.17) is 9.52 Å². The van der Waals surface area contributed by atoms with Crippen molar-refractivity contribution in [2.45, 2.75) is 12.8 Å². The number of benzene rings is 2. The molecule has 0 fully saturated rings. The minimum absolute atomic E-state index is 0.115. The molecule has 0 radical (unpaired) electrons. The predicted molar refractivity (Wildman–Crippen MR) is 75.2 cm³/mol. The van der Waals surface area contributed by atoms with E-state index in [9.17, 15) is 9.59 Å². The number of carboxylic acids is 1. The zero-order valence-corrected chi connectivity index (χ0v) is 10.8. The third-order valence-electron chi connectivity index (χ3n) is 3.42. The molecule has 0 saturated heterocycles. The van der Waals surface area contributed by atoms with Gasteiger partial charge in [-0.2, -0.15) is 0 Å². The van der Waals surface area contributed by atoms with Crippen LogP contribution < -0.4 is 5.43 Å². The van der Waals surface area contributed by atoms with E-state index < -0.39 is 11.9 Å². The van der Waals surface area contributed by atoms with Crippen molar-refractivity contribution in [2.75, 3.05) is 0 Å². The zero-order chi connectivity index (χ0) is 14.3. The van der Waals surface area contributed by atoms with Crippen LogP contribution in [0.3, 0.4) is 0 Å². The Morgan fingerprint density at radius 1 is 1.15 bits per heavy atom. The number of aliphatic carboxylic acids is 1. The monoisotopic (exact) mass is 268 g/mol.